The molecule has 2 nitrogen and oxygen atoms in total. The Balaban J connectivity index is 1.45. The zero-order valence-corrected chi connectivity index (χ0v) is 11.0. The van der Waals surface area contributed by atoms with Crippen LogP contribution in [0.3, 0.4) is 0 Å². The van der Waals surface area contributed by atoms with Gasteiger partial charge in [0.05, 0.1) is 24.4 Å². The van der Waals surface area contributed by atoms with Crippen molar-refractivity contribution >= 4 is 0 Å². The fraction of sp³-hybridized carbons (Fsp3) is 1.00. The van der Waals surface area contributed by atoms with Gasteiger partial charge in [0.15, 0.2) is 0 Å². The van der Waals surface area contributed by atoms with E-state index in [1.54, 1.807) is 0 Å². The highest BCUT2D eigenvalue weighted by molar-refractivity contribution is 5.01. The molecule has 2 heterocycles. The van der Waals surface area contributed by atoms with Gasteiger partial charge >= 0.3 is 0 Å². The lowest BCUT2D eigenvalue weighted by molar-refractivity contribution is 0.0678. The third-order valence-corrected chi connectivity index (χ3v) is 6.11. The van der Waals surface area contributed by atoms with Crippen LogP contribution in [0.4, 0.5) is 0 Å². The largest absolute Gasteiger partial charge is 0.370 e. The molecule has 0 N–H and O–H groups in total. The van der Waals surface area contributed by atoms with Gasteiger partial charge in [0.25, 0.3) is 0 Å². The zero-order valence-electron chi connectivity index (χ0n) is 11.0. The maximum Gasteiger partial charge on any atom is 0.0844 e. The van der Waals surface area contributed by atoms with Crippen molar-refractivity contribution in [1.29, 1.82) is 0 Å². The summed E-state index contributed by atoms with van der Waals surface area (Å²) >= 11 is 0. The molecular formula is C15H24O2. The Morgan fingerprint density at radius 3 is 1.59 bits per heavy atom. The van der Waals surface area contributed by atoms with E-state index >= 15 is 0 Å². The molecule has 2 saturated heterocycles. The molecule has 2 aliphatic carbocycles. The molecule has 0 spiro atoms. The number of hydrogen-bond donors (Lipinski definition) is 0. The molecule has 0 amide bonds. The molecule has 0 aromatic carbocycles. The van der Waals surface area contributed by atoms with Gasteiger partial charge in [0.2, 0.25) is 0 Å². The summed E-state index contributed by atoms with van der Waals surface area (Å²) in [5.74, 6) is 1.76. The van der Waals surface area contributed by atoms with Crippen molar-refractivity contribution in [1.82, 2.24) is 0 Å². The van der Waals surface area contributed by atoms with Crippen LogP contribution in [-0.2, 0) is 9.47 Å². The van der Waals surface area contributed by atoms with Gasteiger partial charge in [-0.25, -0.2) is 0 Å². The van der Waals surface area contributed by atoms with E-state index < -0.39 is 0 Å². The standard InChI is InChI=1S/C15H24O2/c1-15(2,9-3-5-11-13(7-9)16-11)10-4-6-12-14(8-10)17-12/h9-14H,3-8H2,1-2H3/t9-,10-,11+,12+,13-,14+/m1/s1. The first-order chi connectivity index (χ1) is 8.14. The van der Waals surface area contributed by atoms with Crippen LogP contribution in [0.5, 0.6) is 0 Å². The third kappa shape index (κ3) is 1.76. The van der Waals surface area contributed by atoms with E-state index in [1.807, 2.05) is 0 Å². The van der Waals surface area contributed by atoms with Gasteiger partial charge in [-0.3, -0.25) is 0 Å². The molecule has 0 aromatic rings. The van der Waals surface area contributed by atoms with Crippen molar-refractivity contribution in [2.45, 2.75) is 76.8 Å². The van der Waals surface area contributed by atoms with E-state index in [2.05, 4.69) is 13.8 Å². The van der Waals surface area contributed by atoms with E-state index in [-0.39, 0.29) is 0 Å². The second kappa shape index (κ2) is 3.48. The second-order valence-corrected chi connectivity index (χ2v) is 7.27. The van der Waals surface area contributed by atoms with E-state index in [4.69, 9.17) is 9.47 Å². The van der Waals surface area contributed by atoms with Crippen molar-refractivity contribution in [3.05, 3.63) is 0 Å². The Morgan fingerprint density at radius 1 is 0.706 bits per heavy atom. The molecule has 2 aliphatic heterocycles. The van der Waals surface area contributed by atoms with Gasteiger partial charge in [-0.2, -0.15) is 0 Å². The monoisotopic (exact) mass is 236 g/mol. The van der Waals surface area contributed by atoms with Crippen molar-refractivity contribution in [2.75, 3.05) is 0 Å². The summed E-state index contributed by atoms with van der Waals surface area (Å²) in [6.07, 6.45) is 10.6. The lowest BCUT2D eigenvalue weighted by atomic mass is 9.61. The zero-order chi connectivity index (χ0) is 11.6. The van der Waals surface area contributed by atoms with Crippen molar-refractivity contribution in [3.8, 4) is 0 Å². The number of fused-ring (bicyclic) bond motifs is 2. The number of rotatable bonds is 2. The molecule has 4 rings (SSSR count). The minimum absolute atomic E-state index is 0.494. The first-order valence-electron chi connectivity index (χ1n) is 7.45. The maximum atomic E-state index is 5.70. The Morgan fingerprint density at radius 2 is 1.18 bits per heavy atom. The Hall–Kier alpha value is -0.0800. The lowest BCUT2D eigenvalue weighted by Gasteiger charge is -2.43. The predicted octanol–water partition coefficient (Wildman–Crippen LogP) is 3.15. The van der Waals surface area contributed by atoms with Crippen LogP contribution < -0.4 is 0 Å². The van der Waals surface area contributed by atoms with Gasteiger partial charge in [-0.15, -0.1) is 0 Å². The summed E-state index contributed by atoms with van der Waals surface area (Å²) in [6, 6.07) is 0. The molecular weight excluding hydrogens is 212 g/mol. The van der Waals surface area contributed by atoms with Crippen molar-refractivity contribution < 1.29 is 9.47 Å². The molecule has 4 fully saturated rings. The van der Waals surface area contributed by atoms with Crippen LogP contribution in [0, 0.1) is 17.3 Å². The molecule has 96 valence electrons. The summed E-state index contributed by atoms with van der Waals surface area (Å²) in [5.41, 5.74) is 0.494. The number of hydrogen-bond acceptors (Lipinski definition) is 2. The van der Waals surface area contributed by atoms with Crippen LogP contribution in [0.2, 0.25) is 0 Å². The predicted molar refractivity (Wildman–Crippen MR) is 65.8 cm³/mol. The average Bonchev–Trinajstić information content (AvgIpc) is 3.21. The lowest BCUT2D eigenvalue weighted by Crippen LogP contribution is -2.37. The van der Waals surface area contributed by atoms with E-state index in [0.29, 0.717) is 29.8 Å². The van der Waals surface area contributed by atoms with Crippen molar-refractivity contribution in [2.24, 2.45) is 17.3 Å². The highest BCUT2D eigenvalue weighted by Gasteiger charge is 2.52. The molecule has 2 heteroatoms. The van der Waals surface area contributed by atoms with Crippen LogP contribution in [0.1, 0.15) is 52.4 Å². The van der Waals surface area contributed by atoms with Crippen molar-refractivity contribution in [3.63, 3.8) is 0 Å². The Labute approximate surface area is 104 Å². The van der Waals surface area contributed by atoms with Gasteiger partial charge < -0.3 is 9.47 Å². The van der Waals surface area contributed by atoms with Gasteiger partial charge in [0.1, 0.15) is 0 Å². The summed E-state index contributed by atoms with van der Waals surface area (Å²) in [5, 5.41) is 0. The molecule has 4 aliphatic rings. The minimum atomic E-state index is 0.494. The first-order valence-corrected chi connectivity index (χ1v) is 7.45. The fourth-order valence-corrected chi connectivity index (χ4v) is 4.49. The molecule has 17 heavy (non-hydrogen) atoms. The number of epoxide rings is 2. The summed E-state index contributed by atoms with van der Waals surface area (Å²) < 4.78 is 11.4. The van der Waals surface area contributed by atoms with Gasteiger partial charge in [0, 0.05) is 0 Å². The van der Waals surface area contributed by atoms with Crippen LogP contribution in [0.25, 0.3) is 0 Å². The molecule has 2 saturated carbocycles. The summed E-state index contributed by atoms with van der Waals surface area (Å²) in [4.78, 5) is 0. The normalized spacial score (nSPS) is 52.6. The maximum absolute atomic E-state index is 5.70. The molecule has 0 unspecified atom stereocenters. The fourth-order valence-electron chi connectivity index (χ4n) is 4.49. The quantitative estimate of drug-likeness (QED) is 0.688. The second-order valence-electron chi connectivity index (χ2n) is 7.27. The number of ether oxygens (including phenoxy) is 2. The first kappa shape index (κ1) is 10.8. The molecule has 0 bridgehead atoms. The summed E-state index contributed by atoms with van der Waals surface area (Å²) in [6.45, 7) is 5.02. The van der Waals surface area contributed by atoms with E-state index in [1.165, 1.54) is 38.5 Å². The molecule has 0 aromatic heterocycles. The summed E-state index contributed by atoms with van der Waals surface area (Å²) in [7, 11) is 0. The Kier molecular flexibility index (Phi) is 2.21. The molecule has 6 atom stereocenters. The van der Waals surface area contributed by atoms with E-state index in [0.717, 1.165) is 11.8 Å². The minimum Gasteiger partial charge on any atom is -0.370 e. The highest BCUT2D eigenvalue weighted by atomic mass is 16.6. The average molecular weight is 236 g/mol. The van der Waals surface area contributed by atoms with Crippen LogP contribution in [0.15, 0.2) is 0 Å². The van der Waals surface area contributed by atoms with Crippen LogP contribution in [-0.4, -0.2) is 24.4 Å². The Bertz CT molecular complexity index is 295. The van der Waals surface area contributed by atoms with Gasteiger partial charge in [-0.1, -0.05) is 13.8 Å². The smallest absolute Gasteiger partial charge is 0.0844 e. The highest BCUT2D eigenvalue weighted by Crippen LogP contribution is 2.54. The third-order valence-electron chi connectivity index (χ3n) is 6.11. The topological polar surface area (TPSA) is 25.1 Å². The molecule has 0 radical (unpaired) electrons. The van der Waals surface area contributed by atoms with E-state index in [9.17, 15) is 0 Å². The van der Waals surface area contributed by atoms with Crippen LogP contribution >= 0.6 is 0 Å². The van der Waals surface area contributed by atoms with Gasteiger partial charge in [-0.05, 0) is 55.8 Å². The SMILES string of the molecule is CC(C)([C@@H]1CC[C@@H]2O[C@H]2C1)[C@@H]1CC[C@@H]2O[C@@H]2C1.